The predicted molar refractivity (Wildman–Crippen MR) is 89.2 cm³/mol. The van der Waals surface area contributed by atoms with Crippen molar-refractivity contribution >= 4 is 11.6 Å². The number of hydrazine groups is 1. The summed E-state index contributed by atoms with van der Waals surface area (Å²) in [7, 11) is 1.73. The maximum absolute atomic E-state index is 13.4. The van der Waals surface area contributed by atoms with Gasteiger partial charge in [-0.3, -0.25) is 14.8 Å². The number of aromatic nitrogens is 1. The van der Waals surface area contributed by atoms with E-state index in [4.69, 9.17) is 0 Å². The number of pyridine rings is 1. The molecule has 1 unspecified atom stereocenters. The third-order valence-corrected chi connectivity index (χ3v) is 4.08. The summed E-state index contributed by atoms with van der Waals surface area (Å²) in [6, 6.07) is 0.965. The molecular weight excluding hydrogens is 352 g/mol. The zero-order valence-corrected chi connectivity index (χ0v) is 14.5. The van der Waals surface area contributed by atoms with E-state index in [1.54, 1.807) is 30.2 Å². The molecule has 1 aliphatic heterocycles. The van der Waals surface area contributed by atoms with Crippen molar-refractivity contribution in [2.24, 2.45) is 0 Å². The maximum atomic E-state index is 13.4. The highest BCUT2D eigenvalue weighted by molar-refractivity contribution is 5.79. The van der Waals surface area contributed by atoms with Crippen LogP contribution in [0.1, 0.15) is 19.8 Å². The molecule has 0 N–H and O–H groups in total. The lowest BCUT2D eigenvalue weighted by Crippen LogP contribution is -2.40. The topological polar surface area (TPSA) is 39.7 Å². The second-order valence-electron chi connectivity index (χ2n) is 5.92. The maximum Gasteiger partial charge on any atom is 0.389 e. The van der Waals surface area contributed by atoms with Gasteiger partial charge in [0, 0.05) is 32.3 Å². The first kappa shape index (κ1) is 19.9. The van der Waals surface area contributed by atoms with Gasteiger partial charge >= 0.3 is 6.18 Å². The Kier molecular flexibility index (Phi) is 6.01. The van der Waals surface area contributed by atoms with Gasteiger partial charge in [0.1, 0.15) is 5.82 Å². The summed E-state index contributed by atoms with van der Waals surface area (Å²) in [5, 5.41) is 3.34. The van der Waals surface area contributed by atoms with E-state index in [0.717, 1.165) is 6.20 Å². The van der Waals surface area contributed by atoms with Crippen LogP contribution in [0.2, 0.25) is 0 Å². The van der Waals surface area contributed by atoms with E-state index < -0.39 is 30.7 Å². The molecule has 1 aromatic rings. The molecule has 0 saturated heterocycles. The van der Waals surface area contributed by atoms with Crippen LogP contribution in [0.5, 0.6) is 0 Å². The van der Waals surface area contributed by atoms with Crippen LogP contribution in [0.25, 0.3) is 0 Å². The predicted octanol–water partition coefficient (Wildman–Crippen LogP) is 3.47. The number of rotatable bonds is 6. The summed E-state index contributed by atoms with van der Waals surface area (Å²) in [5.74, 6) is -1.16. The van der Waals surface area contributed by atoms with Crippen molar-refractivity contribution in [2.45, 2.75) is 32.0 Å². The van der Waals surface area contributed by atoms with Crippen molar-refractivity contribution in [2.75, 3.05) is 18.6 Å². The van der Waals surface area contributed by atoms with E-state index in [0.29, 0.717) is 11.4 Å². The molecule has 1 aromatic heterocycles. The minimum absolute atomic E-state index is 0.0793. The summed E-state index contributed by atoms with van der Waals surface area (Å²) in [4.78, 5) is 17.4. The van der Waals surface area contributed by atoms with Crippen molar-refractivity contribution < 1.29 is 22.4 Å². The molecule has 1 aliphatic rings. The van der Waals surface area contributed by atoms with E-state index in [2.05, 4.69) is 11.6 Å². The first-order valence-electron chi connectivity index (χ1n) is 7.96. The quantitative estimate of drug-likeness (QED) is 0.566. The van der Waals surface area contributed by atoms with Gasteiger partial charge in [-0.1, -0.05) is 6.08 Å². The number of anilines is 1. The normalized spacial score (nSPS) is 18.0. The van der Waals surface area contributed by atoms with Crippen LogP contribution in [0.3, 0.4) is 0 Å². The van der Waals surface area contributed by atoms with Gasteiger partial charge in [-0.25, -0.2) is 9.40 Å². The number of carbonyl (C=O) groups is 1. The smallest absolute Gasteiger partial charge is 0.309 e. The number of nitrogens with zero attached hydrogens (tertiary/aromatic N) is 4. The van der Waals surface area contributed by atoms with Gasteiger partial charge in [0.25, 0.3) is 0 Å². The molecule has 26 heavy (non-hydrogen) atoms. The number of hydrogen-bond donors (Lipinski definition) is 0. The third kappa shape index (κ3) is 4.60. The van der Waals surface area contributed by atoms with Crippen LogP contribution in [-0.2, 0) is 4.79 Å². The van der Waals surface area contributed by atoms with Crippen LogP contribution < -0.4 is 5.01 Å². The van der Waals surface area contributed by atoms with Crippen molar-refractivity contribution in [1.29, 1.82) is 0 Å². The van der Waals surface area contributed by atoms with Crippen LogP contribution in [-0.4, -0.2) is 46.6 Å². The second-order valence-corrected chi connectivity index (χ2v) is 5.92. The average Bonchev–Trinajstić information content (AvgIpc) is 2.85. The zero-order valence-electron chi connectivity index (χ0n) is 14.5. The SMILES string of the molecule is C=CCN(C(=O)CCC(F)(F)F)C1=CN(c2cncc(F)c2)N(C)C1C. The zero-order chi connectivity index (χ0) is 19.5. The van der Waals surface area contributed by atoms with Crippen molar-refractivity contribution in [3.05, 3.63) is 48.8 Å². The fourth-order valence-corrected chi connectivity index (χ4v) is 2.64. The Labute approximate surface area is 149 Å². The van der Waals surface area contributed by atoms with E-state index in [9.17, 15) is 22.4 Å². The lowest BCUT2D eigenvalue weighted by atomic mass is 10.2. The molecule has 0 aliphatic carbocycles. The molecule has 0 radical (unpaired) electrons. The minimum atomic E-state index is -4.40. The molecule has 9 heteroatoms. The minimum Gasteiger partial charge on any atom is -0.309 e. The van der Waals surface area contributed by atoms with E-state index >= 15 is 0 Å². The Hall–Kier alpha value is -2.42. The molecule has 5 nitrogen and oxygen atoms in total. The molecule has 0 saturated carbocycles. The van der Waals surface area contributed by atoms with E-state index in [1.807, 2.05) is 0 Å². The summed E-state index contributed by atoms with van der Waals surface area (Å²) >= 11 is 0. The van der Waals surface area contributed by atoms with Gasteiger partial charge in [-0.05, 0) is 6.92 Å². The number of likely N-dealkylation sites (N-methyl/N-ethyl adjacent to an activating group) is 1. The lowest BCUT2D eigenvalue weighted by molar-refractivity contribution is -0.148. The largest absolute Gasteiger partial charge is 0.389 e. The van der Waals surface area contributed by atoms with Gasteiger partial charge in [0.2, 0.25) is 5.91 Å². The fraction of sp³-hybridized carbons (Fsp3) is 0.412. The Morgan fingerprint density at radius 2 is 2.12 bits per heavy atom. The highest BCUT2D eigenvalue weighted by Gasteiger charge is 2.35. The van der Waals surface area contributed by atoms with Crippen molar-refractivity contribution in [3.8, 4) is 0 Å². The van der Waals surface area contributed by atoms with E-state index in [1.165, 1.54) is 23.2 Å². The molecular formula is C17H20F4N4O. The summed E-state index contributed by atoms with van der Waals surface area (Å²) in [5.41, 5.74) is 0.944. The van der Waals surface area contributed by atoms with Gasteiger partial charge in [-0.2, -0.15) is 13.2 Å². The molecule has 0 fully saturated rings. The Morgan fingerprint density at radius 3 is 2.69 bits per heavy atom. The number of alkyl halides is 3. The number of hydrogen-bond acceptors (Lipinski definition) is 4. The van der Waals surface area contributed by atoms with Gasteiger partial charge in [-0.15, -0.1) is 6.58 Å². The number of amides is 1. The molecule has 1 amide bonds. The summed E-state index contributed by atoms with van der Waals surface area (Å²) in [6.45, 7) is 5.44. The third-order valence-electron chi connectivity index (χ3n) is 4.08. The summed E-state index contributed by atoms with van der Waals surface area (Å²) in [6.07, 6.45) is -0.669. The summed E-state index contributed by atoms with van der Waals surface area (Å²) < 4.78 is 50.8. The highest BCUT2D eigenvalue weighted by atomic mass is 19.4. The molecule has 2 rings (SSSR count). The molecule has 0 spiro atoms. The van der Waals surface area contributed by atoms with Gasteiger partial charge in [0.15, 0.2) is 0 Å². The average molecular weight is 372 g/mol. The molecule has 0 aromatic carbocycles. The van der Waals surface area contributed by atoms with Gasteiger partial charge < -0.3 is 4.90 Å². The number of halogens is 4. The highest BCUT2D eigenvalue weighted by Crippen LogP contribution is 2.30. The standard InChI is InChI=1S/C17H20F4N4O/c1-4-7-24(16(26)5-6-17(19,20)21)15-11-25(23(3)12(15)2)14-8-13(18)9-22-10-14/h4,8-12H,1,5-7H2,2-3H3. The van der Waals surface area contributed by atoms with Crippen molar-refractivity contribution in [1.82, 2.24) is 14.9 Å². The van der Waals surface area contributed by atoms with Crippen molar-refractivity contribution in [3.63, 3.8) is 0 Å². The molecule has 2 heterocycles. The second kappa shape index (κ2) is 7.86. The van der Waals surface area contributed by atoms with Crippen LogP contribution in [0.4, 0.5) is 23.2 Å². The molecule has 0 bridgehead atoms. The Bertz CT molecular complexity index is 704. The van der Waals surface area contributed by atoms with Crippen LogP contribution >= 0.6 is 0 Å². The van der Waals surface area contributed by atoms with Gasteiger partial charge in [0.05, 0.1) is 36.2 Å². The van der Waals surface area contributed by atoms with Crippen LogP contribution in [0, 0.1) is 5.82 Å². The first-order valence-corrected chi connectivity index (χ1v) is 7.96. The fourth-order valence-electron chi connectivity index (χ4n) is 2.64. The van der Waals surface area contributed by atoms with Crippen LogP contribution in [0.15, 0.2) is 43.0 Å². The number of carbonyl (C=O) groups excluding carboxylic acids is 1. The molecule has 1 atom stereocenters. The molecule has 142 valence electrons. The Balaban J connectivity index is 2.27. The monoisotopic (exact) mass is 372 g/mol. The Morgan fingerprint density at radius 1 is 1.42 bits per heavy atom. The van der Waals surface area contributed by atoms with E-state index in [-0.39, 0.29) is 12.6 Å². The lowest BCUT2D eigenvalue weighted by Gasteiger charge is -2.30. The first-order chi connectivity index (χ1) is 12.1.